The molecule has 1 saturated heterocycles. The van der Waals surface area contributed by atoms with Gasteiger partial charge in [-0.1, -0.05) is 12.1 Å². The fraction of sp³-hybridized carbons (Fsp3) is 0.458. The number of piperazine rings is 1. The molecule has 0 radical (unpaired) electrons. The summed E-state index contributed by atoms with van der Waals surface area (Å²) in [4.78, 5) is 28.7. The average molecular weight is 439 g/mol. The molecule has 2 aromatic carbocycles. The minimum atomic E-state index is -0.380. The summed E-state index contributed by atoms with van der Waals surface area (Å²) < 4.78 is 13.3. The van der Waals surface area contributed by atoms with E-state index < -0.39 is 0 Å². The van der Waals surface area contributed by atoms with Gasteiger partial charge in [-0.25, -0.2) is 4.39 Å². The van der Waals surface area contributed by atoms with Crippen molar-refractivity contribution in [2.75, 3.05) is 31.1 Å². The lowest BCUT2D eigenvalue weighted by Crippen LogP contribution is -2.61. The summed E-state index contributed by atoms with van der Waals surface area (Å²) in [5.41, 5.74) is 2.97. The van der Waals surface area contributed by atoms with Gasteiger partial charge in [-0.15, -0.1) is 0 Å². The number of fused-ring (bicyclic) bond motifs is 3. The van der Waals surface area contributed by atoms with Crippen LogP contribution in [-0.4, -0.2) is 48.0 Å². The zero-order valence-electron chi connectivity index (χ0n) is 17.9. The zero-order valence-corrected chi connectivity index (χ0v) is 17.9. The summed E-state index contributed by atoms with van der Waals surface area (Å²) >= 11 is 0. The summed E-state index contributed by atoms with van der Waals surface area (Å²) in [6.07, 6.45) is 2.83. The van der Waals surface area contributed by atoms with Crippen LogP contribution in [0.1, 0.15) is 24.0 Å². The number of nitro benzene ring substituents is 1. The zero-order chi connectivity index (χ0) is 22.2. The number of rotatable bonds is 6. The molecule has 2 fully saturated rings. The predicted octanol–water partition coefficient (Wildman–Crippen LogP) is 3.12. The van der Waals surface area contributed by atoms with Crippen LogP contribution in [0.2, 0.25) is 0 Å². The van der Waals surface area contributed by atoms with Crippen LogP contribution in [0, 0.1) is 27.8 Å². The van der Waals surface area contributed by atoms with E-state index in [-0.39, 0.29) is 34.3 Å². The van der Waals surface area contributed by atoms with Crippen LogP contribution in [-0.2, 0) is 17.8 Å². The summed E-state index contributed by atoms with van der Waals surface area (Å²) in [5.74, 6) is 0.115. The summed E-state index contributed by atoms with van der Waals surface area (Å²) in [7, 11) is 0. The van der Waals surface area contributed by atoms with E-state index in [4.69, 9.17) is 0 Å². The number of amides is 1. The molecule has 0 spiro atoms. The molecule has 1 aliphatic carbocycles. The fourth-order valence-electron chi connectivity index (χ4n) is 4.97. The first-order chi connectivity index (χ1) is 15.5. The van der Waals surface area contributed by atoms with Gasteiger partial charge in [0.1, 0.15) is 5.82 Å². The van der Waals surface area contributed by atoms with Crippen LogP contribution in [0.25, 0.3) is 0 Å². The molecule has 168 valence electrons. The Labute approximate surface area is 186 Å². The first-order valence-electron chi connectivity index (χ1n) is 11.3. The number of carbonyl (C=O) groups is 1. The third kappa shape index (κ3) is 4.32. The van der Waals surface area contributed by atoms with E-state index in [0.29, 0.717) is 25.4 Å². The number of benzene rings is 2. The Morgan fingerprint density at radius 1 is 1.16 bits per heavy atom. The molecule has 2 aliphatic heterocycles. The van der Waals surface area contributed by atoms with Gasteiger partial charge in [-0.2, -0.15) is 0 Å². The Bertz CT molecular complexity index is 1020. The van der Waals surface area contributed by atoms with Crippen LogP contribution in [0.15, 0.2) is 42.5 Å². The Morgan fingerprint density at radius 2 is 1.94 bits per heavy atom. The second-order valence-corrected chi connectivity index (χ2v) is 9.19. The first-order valence-corrected chi connectivity index (χ1v) is 11.3. The van der Waals surface area contributed by atoms with Crippen LogP contribution in [0.4, 0.5) is 15.8 Å². The maximum absolute atomic E-state index is 13.3. The van der Waals surface area contributed by atoms with E-state index in [1.54, 1.807) is 24.3 Å². The van der Waals surface area contributed by atoms with E-state index in [1.807, 2.05) is 6.07 Å². The predicted molar refractivity (Wildman–Crippen MR) is 119 cm³/mol. The van der Waals surface area contributed by atoms with Crippen LogP contribution in [0.3, 0.4) is 0 Å². The quantitative estimate of drug-likeness (QED) is 0.554. The molecule has 0 aromatic heterocycles. The van der Waals surface area contributed by atoms with Crippen molar-refractivity contribution in [1.29, 1.82) is 0 Å². The average Bonchev–Trinajstić information content (AvgIpc) is 3.62. The van der Waals surface area contributed by atoms with Crippen LogP contribution >= 0.6 is 0 Å². The lowest BCUT2D eigenvalue weighted by Gasteiger charge is -2.49. The van der Waals surface area contributed by atoms with Gasteiger partial charge in [0.15, 0.2) is 0 Å². The molecule has 1 saturated carbocycles. The molecule has 1 amide bonds. The molecular formula is C24H27FN4O3. The lowest BCUT2D eigenvalue weighted by atomic mass is 9.83. The van der Waals surface area contributed by atoms with Crippen molar-refractivity contribution in [3.63, 3.8) is 0 Å². The van der Waals surface area contributed by atoms with Gasteiger partial charge in [-0.3, -0.25) is 19.8 Å². The van der Waals surface area contributed by atoms with Crippen molar-refractivity contribution >= 4 is 17.3 Å². The number of nitro groups is 1. The largest absolute Gasteiger partial charge is 0.365 e. The lowest BCUT2D eigenvalue weighted by molar-refractivity contribution is -0.384. The minimum Gasteiger partial charge on any atom is -0.365 e. The van der Waals surface area contributed by atoms with Crippen molar-refractivity contribution < 1.29 is 14.1 Å². The van der Waals surface area contributed by atoms with Crippen molar-refractivity contribution in [2.24, 2.45) is 11.8 Å². The maximum Gasteiger partial charge on any atom is 0.269 e. The standard InChI is InChI=1S/C24H27FN4O3/c25-19-5-3-17(4-6-19)14-27-9-10-28-22-8-7-20(29(31)32)11-18(22)12-21(23(28)15-27)24(30)26-13-16-1-2-16/h3-8,11,16,21,23H,1-2,9-10,12-15H2,(H,26,30)/t21-,23-/m1/s1. The smallest absolute Gasteiger partial charge is 0.269 e. The van der Waals surface area contributed by atoms with E-state index in [1.165, 1.54) is 25.0 Å². The molecule has 2 heterocycles. The summed E-state index contributed by atoms with van der Waals surface area (Å²) in [6.45, 7) is 3.68. The van der Waals surface area contributed by atoms with Gasteiger partial charge in [0.2, 0.25) is 5.91 Å². The molecule has 3 aliphatic rings. The highest BCUT2D eigenvalue weighted by molar-refractivity contribution is 5.82. The molecule has 8 heteroatoms. The molecule has 32 heavy (non-hydrogen) atoms. The molecule has 0 unspecified atom stereocenters. The molecule has 7 nitrogen and oxygen atoms in total. The second kappa shape index (κ2) is 8.50. The Balaban J connectivity index is 1.39. The van der Waals surface area contributed by atoms with Crippen LogP contribution in [0.5, 0.6) is 0 Å². The van der Waals surface area contributed by atoms with Crippen molar-refractivity contribution in [3.8, 4) is 0 Å². The third-order valence-corrected chi connectivity index (χ3v) is 6.91. The number of anilines is 1. The van der Waals surface area contributed by atoms with Gasteiger partial charge in [0.05, 0.1) is 16.9 Å². The first kappa shape index (κ1) is 20.9. The SMILES string of the molecule is O=C(NCC1CC1)[C@@H]1Cc2cc([N+](=O)[O-])ccc2N2CCN(Cc3ccc(F)cc3)C[C@H]12. The van der Waals surface area contributed by atoms with Crippen molar-refractivity contribution in [3.05, 3.63) is 69.5 Å². The van der Waals surface area contributed by atoms with Gasteiger partial charge in [0, 0.05) is 50.5 Å². The van der Waals surface area contributed by atoms with E-state index in [2.05, 4.69) is 15.1 Å². The summed E-state index contributed by atoms with van der Waals surface area (Å²) in [5, 5.41) is 14.4. The van der Waals surface area contributed by atoms with Crippen molar-refractivity contribution in [2.45, 2.75) is 31.8 Å². The summed E-state index contributed by atoms with van der Waals surface area (Å²) in [6, 6.07) is 11.6. The number of halogens is 1. The molecule has 2 atom stereocenters. The third-order valence-electron chi connectivity index (χ3n) is 6.91. The van der Waals surface area contributed by atoms with Gasteiger partial charge in [0.25, 0.3) is 5.69 Å². The Kier molecular flexibility index (Phi) is 5.55. The van der Waals surface area contributed by atoms with Gasteiger partial charge in [-0.05, 0) is 54.5 Å². The Hall–Kier alpha value is -3.00. The highest BCUT2D eigenvalue weighted by atomic mass is 19.1. The number of nitrogens with one attached hydrogen (secondary N) is 1. The van der Waals surface area contributed by atoms with E-state index in [9.17, 15) is 19.3 Å². The highest BCUT2D eigenvalue weighted by Gasteiger charge is 2.42. The molecular weight excluding hydrogens is 411 g/mol. The molecule has 5 rings (SSSR count). The topological polar surface area (TPSA) is 78.7 Å². The number of non-ortho nitro benzene ring substituents is 1. The fourth-order valence-corrected chi connectivity index (χ4v) is 4.97. The molecule has 0 bridgehead atoms. The van der Waals surface area contributed by atoms with Crippen LogP contribution < -0.4 is 10.2 Å². The minimum absolute atomic E-state index is 0.00245. The molecule has 2 aromatic rings. The maximum atomic E-state index is 13.3. The number of hydrogen-bond donors (Lipinski definition) is 1. The van der Waals surface area contributed by atoms with Gasteiger partial charge >= 0.3 is 0 Å². The van der Waals surface area contributed by atoms with Gasteiger partial charge < -0.3 is 10.2 Å². The van der Waals surface area contributed by atoms with E-state index in [0.717, 1.165) is 36.4 Å². The highest BCUT2D eigenvalue weighted by Crippen LogP contribution is 2.38. The normalized spacial score (nSPS) is 22.7. The second-order valence-electron chi connectivity index (χ2n) is 9.19. The number of nitrogens with zero attached hydrogens (tertiary/aromatic N) is 3. The Morgan fingerprint density at radius 3 is 2.66 bits per heavy atom. The number of carbonyl (C=O) groups excluding carboxylic acids is 1. The number of hydrogen-bond acceptors (Lipinski definition) is 5. The monoisotopic (exact) mass is 438 g/mol. The van der Waals surface area contributed by atoms with Crippen molar-refractivity contribution in [1.82, 2.24) is 10.2 Å². The van der Waals surface area contributed by atoms with E-state index >= 15 is 0 Å². The molecule has 1 N–H and O–H groups in total.